The largest absolute Gasteiger partial charge is 0.393 e. The highest BCUT2D eigenvalue weighted by atomic mass is 16.3. The third-order valence-electron chi connectivity index (χ3n) is 1.77. The zero-order valence-corrected chi connectivity index (χ0v) is 5.43. The molecule has 1 nitrogen and oxygen atoms in total. The van der Waals surface area contributed by atoms with Crippen molar-refractivity contribution in [2.45, 2.75) is 38.7 Å². The summed E-state index contributed by atoms with van der Waals surface area (Å²) in [5.74, 6) is 0.880. The summed E-state index contributed by atoms with van der Waals surface area (Å²) in [5.41, 5.74) is 0. The van der Waals surface area contributed by atoms with Crippen LogP contribution >= 0.6 is 0 Å². The van der Waals surface area contributed by atoms with E-state index in [4.69, 9.17) is 5.11 Å². The molecule has 0 aromatic carbocycles. The smallest absolute Gasteiger partial charge is 0.0540 e. The number of hydrogen-bond acceptors (Lipinski definition) is 1. The standard InChI is InChI=1S/C7H14O/c1-2-7(8)5-6-3-4-6/h6-8H,2-5H2,1H3. The summed E-state index contributed by atoms with van der Waals surface area (Å²) in [6, 6.07) is 0. The Hall–Kier alpha value is -0.0400. The van der Waals surface area contributed by atoms with Crippen molar-refractivity contribution < 1.29 is 5.11 Å². The minimum absolute atomic E-state index is 0.0116. The Morgan fingerprint density at radius 2 is 2.25 bits per heavy atom. The average Bonchev–Trinajstić information content (AvgIpc) is 2.50. The highest BCUT2D eigenvalue weighted by molar-refractivity contribution is 4.75. The summed E-state index contributed by atoms with van der Waals surface area (Å²) in [7, 11) is 0. The fourth-order valence-corrected chi connectivity index (χ4v) is 0.905. The summed E-state index contributed by atoms with van der Waals surface area (Å²) in [5, 5.41) is 9.07. The molecule has 1 aliphatic carbocycles. The van der Waals surface area contributed by atoms with Crippen molar-refractivity contribution in [3.63, 3.8) is 0 Å². The van der Waals surface area contributed by atoms with Gasteiger partial charge in [-0.2, -0.15) is 0 Å². The van der Waals surface area contributed by atoms with E-state index in [2.05, 4.69) is 0 Å². The van der Waals surface area contributed by atoms with Crippen LogP contribution in [0.5, 0.6) is 0 Å². The lowest BCUT2D eigenvalue weighted by atomic mass is 10.1. The summed E-state index contributed by atoms with van der Waals surface area (Å²) < 4.78 is 0. The quantitative estimate of drug-likeness (QED) is 0.590. The van der Waals surface area contributed by atoms with Crippen molar-refractivity contribution in [1.82, 2.24) is 0 Å². The molecule has 0 spiro atoms. The van der Waals surface area contributed by atoms with Gasteiger partial charge in [0.2, 0.25) is 0 Å². The maximum Gasteiger partial charge on any atom is 0.0540 e. The average molecular weight is 114 g/mol. The molecular formula is C7H14O. The zero-order valence-electron chi connectivity index (χ0n) is 5.43. The summed E-state index contributed by atoms with van der Waals surface area (Å²) >= 11 is 0. The van der Waals surface area contributed by atoms with Crippen molar-refractivity contribution >= 4 is 0 Å². The molecule has 0 bridgehead atoms. The molecule has 0 saturated heterocycles. The molecule has 0 radical (unpaired) electrons. The molecule has 1 N–H and O–H groups in total. The second-order valence-electron chi connectivity index (χ2n) is 2.74. The lowest BCUT2D eigenvalue weighted by Gasteiger charge is -2.03. The maximum absolute atomic E-state index is 9.07. The maximum atomic E-state index is 9.07. The normalized spacial score (nSPS) is 23.2. The first-order valence-electron chi connectivity index (χ1n) is 3.51. The van der Waals surface area contributed by atoms with Crippen LogP contribution in [0, 0.1) is 5.92 Å². The van der Waals surface area contributed by atoms with Gasteiger partial charge in [0.25, 0.3) is 0 Å². The van der Waals surface area contributed by atoms with Crippen molar-refractivity contribution in [3.05, 3.63) is 0 Å². The van der Waals surface area contributed by atoms with Crippen LogP contribution in [0.1, 0.15) is 32.6 Å². The monoisotopic (exact) mass is 114 g/mol. The van der Waals surface area contributed by atoms with Crippen molar-refractivity contribution in [1.29, 1.82) is 0 Å². The van der Waals surface area contributed by atoms with E-state index in [0.717, 1.165) is 18.8 Å². The molecule has 8 heavy (non-hydrogen) atoms. The molecule has 1 aliphatic rings. The van der Waals surface area contributed by atoms with Gasteiger partial charge in [0.05, 0.1) is 6.10 Å². The Morgan fingerprint density at radius 3 is 2.62 bits per heavy atom. The van der Waals surface area contributed by atoms with Crippen molar-refractivity contribution in [3.8, 4) is 0 Å². The van der Waals surface area contributed by atoms with Gasteiger partial charge < -0.3 is 5.11 Å². The van der Waals surface area contributed by atoms with E-state index in [0.29, 0.717) is 0 Å². The molecular weight excluding hydrogens is 100 g/mol. The van der Waals surface area contributed by atoms with Gasteiger partial charge in [-0.05, 0) is 18.8 Å². The second-order valence-corrected chi connectivity index (χ2v) is 2.74. The predicted octanol–water partition coefficient (Wildman–Crippen LogP) is 1.56. The fraction of sp³-hybridized carbons (Fsp3) is 1.00. The van der Waals surface area contributed by atoms with Crippen molar-refractivity contribution in [2.24, 2.45) is 5.92 Å². The summed E-state index contributed by atoms with van der Waals surface area (Å²) in [6.07, 6.45) is 4.68. The molecule has 1 rings (SSSR count). The van der Waals surface area contributed by atoms with Gasteiger partial charge in [-0.25, -0.2) is 0 Å². The molecule has 48 valence electrons. The third-order valence-corrected chi connectivity index (χ3v) is 1.77. The SMILES string of the molecule is CCC(O)CC1CC1. The van der Waals surface area contributed by atoms with E-state index in [9.17, 15) is 0 Å². The van der Waals surface area contributed by atoms with Crippen LogP contribution in [-0.2, 0) is 0 Å². The fourth-order valence-electron chi connectivity index (χ4n) is 0.905. The summed E-state index contributed by atoms with van der Waals surface area (Å²) in [4.78, 5) is 0. The van der Waals surface area contributed by atoms with Crippen LogP contribution in [0.15, 0.2) is 0 Å². The van der Waals surface area contributed by atoms with Gasteiger partial charge in [-0.1, -0.05) is 19.8 Å². The first-order valence-corrected chi connectivity index (χ1v) is 3.51. The molecule has 1 unspecified atom stereocenters. The van der Waals surface area contributed by atoms with Gasteiger partial charge >= 0.3 is 0 Å². The minimum Gasteiger partial charge on any atom is -0.393 e. The van der Waals surface area contributed by atoms with Gasteiger partial charge in [0.15, 0.2) is 0 Å². The van der Waals surface area contributed by atoms with E-state index in [1.165, 1.54) is 12.8 Å². The molecule has 0 aliphatic heterocycles. The Balaban J connectivity index is 1.98. The van der Waals surface area contributed by atoms with Crippen LogP contribution in [0.25, 0.3) is 0 Å². The van der Waals surface area contributed by atoms with E-state index >= 15 is 0 Å². The van der Waals surface area contributed by atoms with Gasteiger partial charge in [0.1, 0.15) is 0 Å². The molecule has 1 saturated carbocycles. The first-order chi connectivity index (χ1) is 3.83. The molecule has 0 amide bonds. The lowest BCUT2D eigenvalue weighted by molar-refractivity contribution is 0.153. The molecule has 1 heteroatoms. The van der Waals surface area contributed by atoms with Crippen molar-refractivity contribution in [2.75, 3.05) is 0 Å². The highest BCUT2D eigenvalue weighted by Gasteiger charge is 2.23. The van der Waals surface area contributed by atoms with Crippen LogP contribution in [0.2, 0.25) is 0 Å². The minimum atomic E-state index is -0.0116. The van der Waals surface area contributed by atoms with E-state index in [-0.39, 0.29) is 6.10 Å². The molecule has 0 heterocycles. The number of aliphatic hydroxyl groups is 1. The number of aliphatic hydroxyl groups excluding tert-OH is 1. The third kappa shape index (κ3) is 1.83. The number of rotatable bonds is 3. The zero-order chi connectivity index (χ0) is 5.98. The molecule has 0 aromatic heterocycles. The van der Waals surface area contributed by atoms with Crippen LogP contribution < -0.4 is 0 Å². The first kappa shape index (κ1) is 6.09. The number of hydrogen-bond donors (Lipinski definition) is 1. The predicted molar refractivity (Wildman–Crippen MR) is 33.6 cm³/mol. The Kier molecular flexibility index (Phi) is 1.90. The molecule has 1 atom stereocenters. The Labute approximate surface area is 50.7 Å². The van der Waals surface area contributed by atoms with E-state index in [1.807, 2.05) is 6.92 Å². The second kappa shape index (κ2) is 2.49. The summed E-state index contributed by atoms with van der Waals surface area (Å²) in [6.45, 7) is 2.03. The van der Waals surface area contributed by atoms with Gasteiger partial charge in [-0.3, -0.25) is 0 Å². The van der Waals surface area contributed by atoms with Crippen LogP contribution in [0.3, 0.4) is 0 Å². The Bertz CT molecular complexity index is 66.8. The van der Waals surface area contributed by atoms with Gasteiger partial charge in [0, 0.05) is 0 Å². The highest BCUT2D eigenvalue weighted by Crippen LogP contribution is 2.33. The Morgan fingerprint density at radius 1 is 1.62 bits per heavy atom. The van der Waals surface area contributed by atoms with Gasteiger partial charge in [-0.15, -0.1) is 0 Å². The topological polar surface area (TPSA) is 20.2 Å². The van der Waals surface area contributed by atoms with E-state index < -0.39 is 0 Å². The lowest BCUT2D eigenvalue weighted by Crippen LogP contribution is -2.04. The van der Waals surface area contributed by atoms with Crippen LogP contribution in [0.4, 0.5) is 0 Å². The molecule has 0 aromatic rings. The van der Waals surface area contributed by atoms with E-state index in [1.54, 1.807) is 0 Å². The van der Waals surface area contributed by atoms with Crippen LogP contribution in [-0.4, -0.2) is 11.2 Å². The molecule has 1 fully saturated rings.